The largest absolute Gasteiger partial charge is 0.493 e. The predicted octanol–water partition coefficient (Wildman–Crippen LogP) is 3.19. The molecule has 0 radical (unpaired) electrons. The van der Waals surface area contributed by atoms with Gasteiger partial charge < -0.3 is 23.8 Å². The van der Waals surface area contributed by atoms with Gasteiger partial charge in [-0.3, -0.25) is 4.79 Å². The Morgan fingerprint density at radius 1 is 1.00 bits per heavy atom. The van der Waals surface area contributed by atoms with Crippen molar-refractivity contribution >= 4 is 5.91 Å². The van der Waals surface area contributed by atoms with Gasteiger partial charge in [-0.25, -0.2) is 0 Å². The van der Waals surface area contributed by atoms with E-state index in [0.717, 1.165) is 11.1 Å². The maximum absolute atomic E-state index is 12.6. The highest BCUT2D eigenvalue weighted by Gasteiger charge is 2.41. The number of methoxy groups -OCH3 is 3. The lowest BCUT2D eigenvalue weighted by atomic mass is 9.97. The number of benzene rings is 2. The molecule has 130 valence electrons. The minimum absolute atomic E-state index is 0.00331. The highest BCUT2D eigenvalue weighted by Crippen LogP contribution is 2.53. The van der Waals surface area contributed by atoms with E-state index in [-0.39, 0.29) is 11.9 Å². The van der Waals surface area contributed by atoms with Crippen LogP contribution in [0.25, 0.3) is 0 Å². The van der Waals surface area contributed by atoms with E-state index < -0.39 is 0 Å². The first-order chi connectivity index (χ1) is 12.1. The fourth-order valence-corrected chi connectivity index (χ4v) is 3.65. The van der Waals surface area contributed by atoms with Crippen LogP contribution in [0, 0.1) is 0 Å². The average molecular weight is 341 g/mol. The molecule has 6 nitrogen and oxygen atoms in total. The summed E-state index contributed by atoms with van der Waals surface area (Å²) >= 11 is 0. The van der Waals surface area contributed by atoms with E-state index >= 15 is 0 Å². The number of likely N-dealkylation sites (N-methyl/N-ethyl adjacent to an activating group) is 1. The number of ether oxygens (including phenoxy) is 4. The molecule has 2 heterocycles. The van der Waals surface area contributed by atoms with Crippen molar-refractivity contribution in [2.75, 3.05) is 28.4 Å². The van der Waals surface area contributed by atoms with Crippen molar-refractivity contribution in [3.8, 4) is 28.7 Å². The number of nitrogens with zero attached hydrogens (tertiary/aromatic N) is 1. The Hall–Kier alpha value is -2.89. The zero-order valence-corrected chi connectivity index (χ0v) is 14.6. The molecule has 0 aromatic heterocycles. The molecule has 6 heteroatoms. The zero-order chi connectivity index (χ0) is 17.7. The van der Waals surface area contributed by atoms with Crippen molar-refractivity contribution in [1.82, 2.24) is 4.90 Å². The van der Waals surface area contributed by atoms with E-state index in [1.54, 1.807) is 38.4 Å². The van der Waals surface area contributed by atoms with Gasteiger partial charge in [0.15, 0.2) is 23.0 Å². The van der Waals surface area contributed by atoms with E-state index in [1.165, 1.54) is 0 Å². The molecule has 0 N–H and O–H groups in total. The van der Waals surface area contributed by atoms with E-state index in [0.29, 0.717) is 40.7 Å². The maximum atomic E-state index is 12.6. The molecule has 1 unspecified atom stereocenters. The van der Waals surface area contributed by atoms with Crippen molar-refractivity contribution in [1.29, 1.82) is 0 Å². The first kappa shape index (κ1) is 15.6. The average Bonchev–Trinajstić information content (AvgIpc) is 2.79. The van der Waals surface area contributed by atoms with E-state index in [1.807, 2.05) is 19.2 Å². The Bertz CT molecular complexity index is 877. The molecule has 2 aliphatic rings. The van der Waals surface area contributed by atoms with Gasteiger partial charge in [0.25, 0.3) is 5.91 Å². The summed E-state index contributed by atoms with van der Waals surface area (Å²) in [5.41, 5.74) is 2.47. The van der Waals surface area contributed by atoms with Gasteiger partial charge in [-0.1, -0.05) is 6.07 Å². The second-order valence-electron chi connectivity index (χ2n) is 6.09. The topological polar surface area (TPSA) is 57.2 Å². The smallest absolute Gasteiger partial charge is 0.254 e. The Morgan fingerprint density at radius 3 is 2.40 bits per heavy atom. The van der Waals surface area contributed by atoms with Gasteiger partial charge in [0.05, 0.1) is 27.4 Å². The number of rotatable bonds is 3. The third-order valence-electron chi connectivity index (χ3n) is 4.93. The standard InChI is InChI=1S/C19H19NO5/c1-20-12-9-10-5-7-14(23-3)18(24-4)16(10)25-17-13(22-2)8-6-11(15(12)17)19(20)21/h5-8,12H,9H2,1-4H3. The Morgan fingerprint density at radius 2 is 1.72 bits per heavy atom. The fourth-order valence-electron chi connectivity index (χ4n) is 3.65. The van der Waals surface area contributed by atoms with Crippen LogP contribution in [0.3, 0.4) is 0 Å². The highest BCUT2D eigenvalue weighted by atomic mass is 16.5. The van der Waals surface area contributed by atoms with Gasteiger partial charge in [-0.15, -0.1) is 0 Å². The van der Waals surface area contributed by atoms with E-state index in [2.05, 4.69) is 0 Å². The summed E-state index contributed by atoms with van der Waals surface area (Å²) in [5.74, 6) is 2.88. The Balaban J connectivity index is 1.99. The van der Waals surface area contributed by atoms with Crippen LogP contribution in [-0.2, 0) is 6.42 Å². The lowest BCUT2D eigenvalue weighted by molar-refractivity contribution is 0.0774. The van der Waals surface area contributed by atoms with E-state index in [4.69, 9.17) is 18.9 Å². The normalized spacial score (nSPS) is 17.4. The van der Waals surface area contributed by atoms with Gasteiger partial charge in [-0.2, -0.15) is 0 Å². The molecular formula is C19H19NO5. The first-order valence-corrected chi connectivity index (χ1v) is 8.00. The third-order valence-corrected chi connectivity index (χ3v) is 4.93. The summed E-state index contributed by atoms with van der Waals surface area (Å²) < 4.78 is 22.7. The van der Waals surface area contributed by atoms with Gasteiger partial charge >= 0.3 is 0 Å². The van der Waals surface area contributed by atoms with Crippen molar-refractivity contribution in [2.24, 2.45) is 0 Å². The molecule has 0 spiro atoms. The molecule has 0 bridgehead atoms. The lowest BCUT2D eigenvalue weighted by Gasteiger charge is -2.20. The Labute approximate surface area is 145 Å². The Kier molecular flexibility index (Phi) is 3.49. The molecule has 2 aromatic rings. The molecule has 1 amide bonds. The van der Waals surface area contributed by atoms with Crippen LogP contribution in [0.15, 0.2) is 24.3 Å². The second-order valence-corrected chi connectivity index (χ2v) is 6.09. The number of amides is 1. The monoisotopic (exact) mass is 341 g/mol. The van der Waals surface area contributed by atoms with Crippen molar-refractivity contribution < 1.29 is 23.7 Å². The van der Waals surface area contributed by atoms with Gasteiger partial charge in [0.2, 0.25) is 5.75 Å². The fraction of sp³-hybridized carbons (Fsp3) is 0.316. The quantitative estimate of drug-likeness (QED) is 0.858. The molecule has 2 aliphatic heterocycles. The van der Waals surface area contributed by atoms with Gasteiger partial charge in [0, 0.05) is 30.2 Å². The number of carbonyl (C=O) groups excluding carboxylic acids is 1. The lowest BCUT2D eigenvalue weighted by Crippen LogP contribution is -2.24. The van der Waals surface area contributed by atoms with E-state index in [9.17, 15) is 4.79 Å². The summed E-state index contributed by atoms with van der Waals surface area (Å²) in [6.45, 7) is 0. The molecule has 2 aromatic carbocycles. The van der Waals surface area contributed by atoms with Crippen LogP contribution in [0.1, 0.15) is 27.5 Å². The van der Waals surface area contributed by atoms with Crippen molar-refractivity contribution in [3.05, 3.63) is 41.0 Å². The highest BCUT2D eigenvalue weighted by molar-refractivity contribution is 6.00. The van der Waals surface area contributed by atoms with Crippen molar-refractivity contribution in [2.45, 2.75) is 12.5 Å². The minimum Gasteiger partial charge on any atom is -0.493 e. The van der Waals surface area contributed by atoms with Crippen LogP contribution in [0.4, 0.5) is 0 Å². The molecule has 0 fully saturated rings. The minimum atomic E-state index is -0.105. The molecule has 0 saturated heterocycles. The van der Waals surface area contributed by atoms with Gasteiger partial charge in [0.1, 0.15) is 0 Å². The number of hydrogen-bond donors (Lipinski definition) is 0. The van der Waals surface area contributed by atoms with Crippen LogP contribution >= 0.6 is 0 Å². The van der Waals surface area contributed by atoms with Crippen LogP contribution < -0.4 is 18.9 Å². The number of carbonyl (C=O) groups is 1. The predicted molar refractivity (Wildman–Crippen MR) is 91.2 cm³/mol. The maximum Gasteiger partial charge on any atom is 0.254 e. The molecule has 0 aliphatic carbocycles. The van der Waals surface area contributed by atoms with Crippen LogP contribution in [-0.4, -0.2) is 39.2 Å². The SMILES string of the molecule is COc1ccc2c(c1OC)Oc1c(OC)ccc3c1C(C2)N(C)C3=O. The molecule has 1 atom stereocenters. The molecule has 0 saturated carbocycles. The summed E-state index contributed by atoms with van der Waals surface area (Å²) in [7, 11) is 6.58. The number of fused-ring (bicyclic) bond motifs is 1. The first-order valence-electron chi connectivity index (χ1n) is 8.00. The van der Waals surface area contributed by atoms with Crippen molar-refractivity contribution in [3.63, 3.8) is 0 Å². The molecule has 4 rings (SSSR count). The number of hydrogen-bond acceptors (Lipinski definition) is 5. The zero-order valence-electron chi connectivity index (χ0n) is 14.6. The van der Waals surface area contributed by atoms with Crippen LogP contribution in [0.5, 0.6) is 28.7 Å². The third kappa shape index (κ3) is 2.06. The van der Waals surface area contributed by atoms with Crippen LogP contribution in [0.2, 0.25) is 0 Å². The summed E-state index contributed by atoms with van der Waals surface area (Å²) in [5, 5.41) is 0. The molecular weight excluding hydrogens is 322 g/mol. The summed E-state index contributed by atoms with van der Waals surface area (Å²) in [6.07, 6.45) is 0.630. The summed E-state index contributed by atoms with van der Waals surface area (Å²) in [4.78, 5) is 14.3. The molecule has 25 heavy (non-hydrogen) atoms. The summed E-state index contributed by atoms with van der Waals surface area (Å²) in [6, 6.07) is 7.26. The second kappa shape index (κ2) is 5.58. The van der Waals surface area contributed by atoms with Gasteiger partial charge in [-0.05, 0) is 18.2 Å².